The highest BCUT2D eigenvalue weighted by molar-refractivity contribution is 9.10. The summed E-state index contributed by atoms with van der Waals surface area (Å²) in [7, 11) is 1.90. The summed E-state index contributed by atoms with van der Waals surface area (Å²) in [6.45, 7) is 7.95. The number of likely N-dealkylation sites (tertiary alicyclic amines) is 1. The second-order valence-electron chi connectivity index (χ2n) is 10.7. The number of rotatable bonds is 6. The highest BCUT2D eigenvalue weighted by Crippen LogP contribution is 2.33. The summed E-state index contributed by atoms with van der Waals surface area (Å²) in [6.07, 6.45) is 5.58. The standard InChI is InChI=1S/C28H33BrF2N8O/c1-15-19(16(2)33-28-24(15)17(3)35-37(28)4)8-9-23(40)38-10-6-5-7-18(12-38)13-39-14-22(34-36-39)20-11-21(30)25(29)26(31)27(20)32/h11,14,18H,5-10,12-13,32H2,1-4H3. The van der Waals surface area contributed by atoms with Crippen molar-refractivity contribution in [3.8, 4) is 11.3 Å². The maximum atomic E-state index is 14.3. The Morgan fingerprint density at radius 2 is 1.98 bits per heavy atom. The van der Waals surface area contributed by atoms with Gasteiger partial charge in [0, 0.05) is 49.7 Å². The summed E-state index contributed by atoms with van der Waals surface area (Å²) in [4.78, 5) is 20.1. The lowest BCUT2D eigenvalue weighted by molar-refractivity contribution is -0.131. The minimum Gasteiger partial charge on any atom is -0.396 e. The van der Waals surface area contributed by atoms with E-state index in [0.29, 0.717) is 31.6 Å². The number of fused-ring (bicyclic) bond motifs is 1. The molecule has 2 N–H and O–H groups in total. The number of aromatic nitrogens is 6. The van der Waals surface area contributed by atoms with Gasteiger partial charge in [0.05, 0.1) is 22.1 Å². The van der Waals surface area contributed by atoms with Crippen molar-refractivity contribution in [3.05, 3.63) is 50.9 Å². The van der Waals surface area contributed by atoms with Crippen LogP contribution in [0, 0.1) is 38.3 Å². The second-order valence-corrected chi connectivity index (χ2v) is 11.5. The summed E-state index contributed by atoms with van der Waals surface area (Å²) in [5.41, 5.74) is 11.1. The number of aryl methyl sites for hydroxylation is 4. The van der Waals surface area contributed by atoms with Crippen LogP contribution in [0.1, 0.15) is 48.2 Å². The van der Waals surface area contributed by atoms with Crippen LogP contribution in [0.25, 0.3) is 22.3 Å². The molecule has 1 saturated heterocycles. The molecule has 1 amide bonds. The Kier molecular flexibility index (Phi) is 7.89. The molecule has 0 spiro atoms. The first-order chi connectivity index (χ1) is 19.0. The first kappa shape index (κ1) is 28.1. The lowest BCUT2D eigenvalue weighted by Gasteiger charge is -2.25. The largest absolute Gasteiger partial charge is 0.396 e. The molecule has 1 unspecified atom stereocenters. The summed E-state index contributed by atoms with van der Waals surface area (Å²) in [6, 6.07) is 1.15. The quantitative estimate of drug-likeness (QED) is 0.241. The zero-order chi connectivity index (χ0) is 28.7. The molecule has 0 aliphatic carbocycles. The number of hydrogen-bond donors (Lipinski definition) is 1. The molecule has 40 heavy (non-hydrogen) atoms. The Bertz CT molecular complexity index is 1600. The molecule has 212 valence electrons. The fourth-order valence-electron chi connectivity index (χ4n) is 5.82. The molecule has 4 heterocycles. The van der Waals surface area contributed by atoms with E-state index < -0.39 is 11.6 Å². The Morgan fingerprint density at radius 1 is 1.20 bits per heavy atom. The van der Waals surface area contributed by atoms with E-state index in [-0.39, 0.29) is 27.5 Å². The van der Waals surface area contributed by atoms with E-state index in [2.05, 4.69) is 38.3 Å². The van der Waals surface area contributed by atoms with Crippen LogP contribution < -0.4 is 5.73 Å². The highest BCUT2D eigenvalue weighted by atomic mass is 79.9. The number of halogens is 3. The van der Waals surface area contributed by atoms with E-state index in [1.165, 1.54) is 0 Å². The number of pyridine rings is 1. The molecule has 12 heteroatoms. The maximum Gasteiger partial charge on any atom is 0.222 e. The normalized spacial score (nSPS) is 16.1. The van der Waals surface area contributed by atoms with Crippen molar-refractivity contribution in [2.75, 3.05) is 18.8 Å². The van der Waals surface area contributed by atoms with E-state index in [1.54, 1.807) is 15.6 Å². The van der Waals surface area contributed by atoms with Gasteiger partial charge in [0.2, 0.25) is 5.91 Å². The van der Waals surface area contributed by atoms with Gasteiger partial charge < -0.3 is 10.6 Å². The summed E-state index contributed by atoms with van der Waals surface area (Å²) in [5, 5.41) is 13.9. The van der Waals surface area contributed by atoms with Crippen LogP contribution in [0.5, 0.6) is 0 Å². The lowest BCUT2D eigenvalue weighted by Crippen LogP contribution is -2.36. The molecule has 0 saturated carbocycles. The first-order valence-electron chi connectivity index (χ1n) is 13.5. The van der Waals surface area contributed by atoms with Gasteiger partial charge in [-0.15, -0.1) is 5.10 Å². The smallest absolute Gasteiger partial charge is 0.222 e. The zero-order valence-corrected chi connectivity index (χ0v) is 24.7. The minimum atomic E-state index is -0.862. The fraction of sp³-hybridized carbons (Fsp3) is 0.464. The molecule has 0 bridgehead atoms. The van der Waals surface area contributed by atoms with Crippen molar-refractivity contribution in [2.24, 2.45) is 13.0 Å². The highest BCUT2D eigenvalue weighted by Gasteiger charge is 2.24. The molecule has 1 fully saturated rings. The number of amides is 1. The predicted octanol–water partition coefficient (Wildman–Crippen LogP) is 5.04. The van der Waals surface area contributed by atoms with Crippen LogP contribution in [0.3, 0.4) is 0 Å². The van der Waals surface area contributed by atoms with E-state index in [4.69, 9.17) is 10.7 Å². The molecule has 5 rings (SSSR count). The van der Waals surface area contributed by atoms with Gasteiger partial charge in [-0.1, -0.05) is 11.6 Å². The monoisotopic (exact) mass is 614 g/mol. The van der Waals surface area contributed by atoms with Gasteiger partial charge in [-0.25, -0.2) is 13.8 Å². The number of nitrogens with two attached hydrogens (primary N) is 1. The molecular formula is C28H33BrF2N8O. The number of nitrogen functional groups attached to an aromatic ring is 1. The van der Waals surface area contributed by atoms with E-state index in [1.807, 2.05) is 25.8 Å². The third-order valence-corrected chi connectivity index (χ3v) is 8.63. The molecular weight excluding hydrogens is 582 g/mol. The van der Waals surface area contributed by atoms with Gasteiger partial charge in [-0.3, -0.25) is 14.2 Å². The average Bonchev–Trinajstić information content (AvgIpc) is 3.39. The van der Waals surface area contributed by atoms with E-state index in [0.717, 1.165) is 65.4 Å². The Hall–Kier alpha value is -3.41. The van der Waals surface area contributed by atoms with Crippen molar-refractivity contribution in [1.29, 1.82) is 0 Å². The first-order valence-corrected chi connectivity index (χ1v) is 14.2. The van der Waals surface area contributed by atoms with Crippen LogP contribution in [-0.4, -0.2) is 53.7 Å². The third-order valence-electron chi connectivity index (χ3n) is 7.90. The number of nitrogens with zero attached hydrogens (tertiary/aromatic N) is 7. The maximum absolute atomic E-state index is 14.3. The third kappa shape index (κ3) is 5.33. The molecule has 1 atom stereocenters. The Labute approximate surface area is 239 Å². The van der Waals surface area contributed by atoms with Crippen LogP contribution in [0.15, 0.2) is 16.7 Å². The molecule has 1 aromatic carbocycles. The molecule has 1 aliphatic rings. The van der Waals surface area contributed by atoms with Crippen LogP contribution in [0.4, 0.5) is 14.5 Å². The number of carbonyl (C=O) groups is 1. The van der Waals surface area contributed by atoms with E-state index in [9.17, 15) is 13.6 Å². The van der Waals surface area contributed by atoms with Gasteiger partial charge in [-0.2, -0.15) is 5.10 Å². The fourth-order valence-corrected chi connectivity index (χ4v) is 6.15. The van der Waals surface area contributed by atoms with Crippen molar-refractivity contribution in [2.45, 2.75) is 59.4 Å². The number of anilines is 1. The number of carbonyl (C=O) groups excluding carboxylic acids is 1. The van der Waals surface area contributed by atoms with Gasteiger partial charge in [0.1, 0.15) is 11.5 Å². The number of benzene rings is 1. The Morgan fingerprint density at radius 3 is 2.75 bits per heavy atom. The van der Waals surface area contributed by atoms with Crippen molar-refractivity contribution in [1.82, 2.24) is 34.7 Å². The Balaban J connectivity index is 1.26. The topological polar surface area (TPSA) is 108 Å². The van der Waals surface area contributed by atoms with Crippen molar-refractivity contribution >= 4 is 38.6 Å². The zero-order valence-electron chi connectivity index (χ0n) is 23.1. The lowest BCUT2D eigenvalue weighted by atomic mass is 9.99. The SMILES string of the molecule is Cc1nc2c(c(C)nn2C)c(C)c1CCC(=O)N1CCCCC(Cn2cc(-c3cc(F)c(Br)c(F)c3N)nn2)C1. The van der Waals surface area contributed by atoms with Crippen LogP contribution in [-0.2, 0) is 24.8 Å². The predicted molar refractivity (Wildman–Crippen MR) is 152 cm³/mol. The van der Waals surface area contributed by atoms with Gasteiger partial charge in [0.25, 0.3) is 0 Å². The molecule has 0 radical (unpaired) electrons. The average molecular weight is 616 g/mol. The minimum absolute atomic E-state index is 0.126. The summed E-state index contributed by atoms with van der Waals surface area (Å²) >= 11 is 2.87. The van der Waals surface area contributed by atoms with E-state index >= 15 is 0 Å². The molecule has 4 aromatic rings. The van der Waals surface area contributed by atoms with Crippen LogP contribution >= 0.6 is 15.9 Å². The molecule has 3 aromatic heterocycles. The second kappa shape index (κ2) is 11.2. The van der Waals surface area contributed by atoms with Gasteiger partial charge in [0.15, 0.2) is 11.5 Å². The summed E-state index contributed by atoms with van der Waals surface area (Å²) in [5.74, 6) is -1.32. The van der Waals surface area contributed by atoms with Crippen molar-refractivity contribution < 1.29 is 13.6 Å². The van der Waals surface area contributed by atoms with Gasteiger partial charge in [-0.05, 0) is 79.1 Å². The summed E-state index contributed by atoms with van der Waals surface area (Å²) < 4.78 is 31.5. The number of hydrogen-bond acceptors (Lipinski definition) is 6. The van der Waals surface area contributed by atoms with Crippen LogP contribution in [0.2, 0.25) is 0 Å². The molecule has 1 aliphatic heterocycles. The molecule has 9 nitrogen and oxygen atoms in total. The van der Waals surface area contributed by atoms with Gasteiger partial charge >= 0.3 is 0 Å². The van der Waals surface area contributed by atoms with Crippen molar-refractivity contribution in [3.63, 3.8) is 0 Å².